The highest BCUT2D eigenvalue weighted by Gasteiger charge is 2.50. The highest BCUT2D eigenvalue weighted by molar-refractivity contribution is 6.99. The van der Waals surface area contributed by atoms with Crippen molar-refractivity contribution in [1.29, 1.82) is 0 Å². The lowest BCUT2D eigenvalue weighted by atomic mass is 10.1. The molecule has 2 atom stereocenters. The van der Waals surface area contributed by atoms with E-state index in [4.69, 9.17) is 4.43 Å². The monoisotopic (exact) mass is 501 g/mol. The fourth-order valence-electron chi connectivity index (χ4n) is 4.56. The number of aldehydes is 1. The lowest BCUT2D eigenvalue weighted by Gasteiger charge is -2.44. The maximum Gasteiger partial charge on any atom is 0.407 e. The third-order valence-electron chi connectivity index (χ3n) is 6.47. The van der Waals surface area contributed by atoms with Gasteiger partial charge in [-0.25, -0.2) is 9.18 Å². The molecule has 2 aromatic rings. The van der Waals surface area contributed by atoms with Crippen LogP contribution in [0.4, 0.5) is 9.18 Å². The van der Waals surface area contributed by atoms with Gasteiger partial charge in [0.25, 0.3) is 8.32 Å². The van der Waals surface area contributed by atoms with Crippen LogP contribution in [0.25, 0.3) is 0 Å². The second-order valence-corrected chi connectivity index (χ2v) is 14.8. The maximum absolute atomic E-state index is 13.9. The minimum Gasteiger partial charge on any atom is -0.465 e. The van der Waals surface area contributed by atoms with Crippen LogP contribution in [0.1, 0.15) is 53.9 Å². The number of rotatable bonds is 13. The van der Waals surface area contributed by atoms with Gasteiger partial charge in [-0.2, -0.15) is 0 Å². The summed E-state index contributed by atoms with van der Waals surface area (Å²) >= 11 is 0. The molecular formula is C28H40FNO4Si. The standard InChI is InChI=1S/C28H40FNO4Si/c1-22(2)18-19-30(27(32)33)24(17-16-23(29)20-31)21-34-35(28(3,4)5,25-12-8-6-9-13-25)26-14-10-7-11-15-26/h6-15,20,22-24H,16-19,21H2,1-5H3,(H,32,33)/t23?,24-/m0/s1. The second kappa shape index (κ2) is 13.0. The molecule has 35 heavy (non-hydrogen) atoms. The Bertz CT molecular complexity index is 878. The highest BCUT2D eigenvalue weighted by Crippen LogP contribution is 2.37. The van der Waals surface area contributed by atoms with Gasteiger partial charge in [-0.05, 0) is 40.6 Å². The van der Waals surface area contributed by atoms with Crippen LogP contribution in [0.2, 0.25) is 5.04 Å². The molecule has 0 fully saturated rings. The fraction of sp³-hybridized carbons (Fsp3) is 0.500. The SMILES string of the molecule is CC(C)CCN(C(=O)O)[C@@H](CCC(F)C=O)CO[Si](c1ccccc1)(c1ccccc1)C(C)(C)C. The van der Waals surface area contributed by atoms with Crippen LogP contribution in [0.5, 0.6) is 0 Å². The number of amides is 1. The first-order chi connectivity index (χ1) is 16.5. The number of carboxylic acid groups (broad SMARTS) is 1. The van der Waals surface area contributed by atoms with Gasteiger partial charge in [-0.15, -0.1) is 0 Å². The summed E-state index contributed by atoms with van der Waals surface area (Å²) in [4.78, 5) is 24.5. The zero-order valence-corrected chi connectivity index (χ0v) is 22.6. The van der Waals surface area contributed by atoms with E-state index in [9.17, 15) is 19.1 Å². The fourth-order valence-corrected chi connectivity index (χ4v) is 9.16. The molecule has 0 bridgehead atoms. The van der Waals surface area contributed by atoms with E-state index in [1.165, 1.54) is 4.90 Å². The molecule has 1 unspecified atom stereocenters. The Morgan fingerprint density at radius 1 is 1.00 bits per heavy atom. The normalized spacial score (nSPS) is 13.9. The van der Waals surface area contributed by atoms with Crippen molar-refractivity contribution >= 4 is 31.1 Å². The molecular weight excluding hydrogens is 461 g/mol. The number of carbonyl (C=O) groups excluding carboxylic acids is 1. The van der Waals surface area contributed by atoms with Crippen LogP contribution in [-0.2, 0) is 9.22 Å². The molecule has 0 saturated carbocycles. The van der Waals surface area contributed by atoms with Crippen molar-refractivity contribution in [1.82, 2.24) is 4.90 Å². The van der Waals surface area contributed by atoms with Gasteiger partial charge in [0, 0.05) is 6.54 Å². The summed E-state index contributed by atoms with van der Waals surface area (Å²) in [6.45, 7) is 11.0. The van der Waals surface area contributed by atoms with E-state index in [1.54, 1.807) is 0 Å². The summed E-state index contributed by atoms with van der Waals surface area (Å²) in [6.07, 6.45) is -1.53. The Morgan fingerprint density at radius 3 is 1.91 bits per heavy atom. The number of carbonyl (C=O) groups is 2. The molecule has 0 aliphatic heterocycles. The van der Waals surface area contributed by atoms with Gasteiger partial charge in [-0.3, -0.25) is 0 Å². The van der Waals surface area contributed by atoms with Crippen molar-refractivity contribution in [3.8, 4) is 0 Å². The van der Waals surface area contributed by atoms with Crippen LogP contribution >= 0.6 is 0 Å². The predicted octanol–water partition coefficient (Wildman–Crippen LogP) is 5.27. The third-order valence-corrected chi connectivity index (χ3v) is 11.5. The Morgan fingerprint density at radius 2 is 1.51 bits per heavy atom. The van der Waals surface area contributed by atoms with Crippen molar-refractivity contribution in [3.05, 3.63) is 60.7 Å². The molecule has 0 aliphatic rings. The van der Waals surface area contributed by atoms with Crippen LogP contribution < -0.4 is 10.4 Å². The molecule has 2 aromatic carbocycles. The summed E-state index contributed by atoms with van der Waals surface area (Å²) in [5.41, 5.74) is 0. The summed E-state index contributed by atoms with van der Waals surface area (Å²) in [5, 5.41) is 11.9. The molecule has 2 rings (SSSR count). The predicted molar refractivity (Wildman–Crippen MR) is 142 cm³/mol. The van der Waals surface area contributed by atoms with Gasteiger partial charge in [0.05, 0.1) is 12.6 Å². The lowest BCUT2D eigenvalue weighted by Crippen LogP contribution is -2.67. The molecule has 0 aromatic heterocycles. The minimum absolute atomic E-state index is 0.0380. The average Bonchev–Trinajstić information content (AvgIpc) is 2.82. The first kappa shape index (κ1) is 28.7. The first-order valence-electron chi connectivity index (χ1n) is 12.4. The van der Waals surface area contributed by atoms with Crippen molar-refractivity contribution in [2.45, 2.75) is 71.1 Å². The molecule has 7 heteroatoms. The van der Waals surface area contributed by atoms with Crippen molar-refractivity contribution in [2.24, 2.45) is 5.92 Å². The molecule has 0 spiro atoms. The van der Waals surface area contributed by atoms with Gasteiger partial charge in [0.1, 0.15) is 0 Å². The third kappa shape index (κ3) is 7.48. The van der Waals surface area contributed by atoms with Crippen molar-refractivity contribution in [2.75, 3.05) is 13.2 Å². The van der Waals surface area contributed by atoms with E-state index >= 15 is 0 Å². The van der Waals surface area contributed by atoms with Crippen molar-refractivity contribution in [3.63, 3.8) is 0 Å². The van der Waals surface area contributed by atoms with Gasteiger partial charge in [-0.1, -0.05) is 95.3 Å². The summed E-state index contributed by atoms with van der Waals surface area (Å²) < 4.78 is 20.9. The summed E-state index contributed by atoms with van der Waals surface area (Å²) in [6, 6.07) is 19.7. The van der Waals surface area contributed by atoms with Crippen LogP contribution in [0.3, 0.4) is 0 Å². The molecule has 0 aliphatic carbocycles. The van der Waals surface area contributed by atoms with E-state index < -0.39 is 26.6 Å². The first-order valence-corrected chi connectivity index (χ1v) is 14.3. The van der Waals surface area contributed by atoms with Gasteiger partial charge in [0.2, 0.25) is 0 Å². The second-order valence-electron chi connectivity index (χ2n) is 10.5. The zero-order chi connectivity index (χ0) is 26.1. The molecule has 0 saturated heterocycles. The number of hydrogen-bond acceptors (Lipinski definition) is 3. The van der Waals surface area contributed by atoms with E-state index in [0.29, 0.717) is 18.9 Å². The molecule has 0 radical (unpaired) electrons. The number of halogens is 1. The quantitative estimate of drug-likeness (QED) is 0.300. The van der Waals surface area contributed by atoms with Gasteiger partial charge in [0.15, 0.2) is 12.5 Å². The molecule has 1 N–H and O–H groups in total. The minimum atomic E-state index is -2.88. The molecule has 5 nitrogen and oxygen atoms in total. The van der Waals surface area contributed by atoms with Crippen LogP contribution in [-0.4, -0.2) is 56.1 Å². The number of hydrogen-bond donors (Lipinski definition) is 1. The topological polar surface area (TPSA) is 66.8 Å². The van der Waals surface area contributed by atoms with E-state index in [1.807, 2.05) is 50.2 Å². The Kier molecular flexibility index (Phi) is 10.7. The Balaban J connectivity index is 2.51. The number of nitrogens with zero attached hydrogens (tertiary/aromatic N) is 1. The molecule has 0 heterocycles. The van der Waals surface area contributed by atoms with E-state index in [0.717, 1.165) is 10.4 Å². The maximum atomic E-state index is 13.9. The summed E-state index contributed by atoms with van der Waals surface area (Å²) in [7, 11) is -2.88. The highest BCUT2D eigenvalue weighted by atomic mass is 28.4. The van der Waals surface area contributed by atoms with E-state index in [2.05, 4.69) is 45.0 Å². The average molecular weight is 502 g/mol. The van der Waals surface area contributed by atoms with Gasteiger partial charge < -0.3 is 19.2 Å². The Hall–Kier alpha value is -2.51. The number of alkyl halides is 1. The van der Waals surface area contributed by atoms with Crippen molar-refractivity contribution < 1.29 is 23.5 Å². The molecule has 192 valence electrons. The van der Waals surface area contributed by atoms with Crippen LogP contribution in [0, 0.1) is 5.92 Å². The van der Waals surface area contributed by atoms with Gasteiger partial charge >= 0.3 is 6.09 Å². The molecule has 1 amide bonds. The number of benzene rings is 2. The van der Waals surface area contributed by atoms with Crippen LogP contribution in [0.15, 0.2) is 60.7 Å². The summed E-state index contributed by atoms with van der Waals surface area (Å²) in [5.74, 6) is 0.319. The zero-order valence-electron chi connectivity index (χ0n) is 21.6. The lowest BCUT2D eigenvalue weighted by molar-refractivity contribution is -0.112. The smallest absolute Gasteiger partial charge is 0.407 e. The Labute approximate surface area is 210 Å². The largest absolute Gasteiger partial charge is 0.465 e. The van der Waals surface area contributed by atoms with E-state index in [-0.39, 0.29) is 30.8 Å².